The van der Waals surface area contributed by atoms with Gasteiger partial charge in [-0.25, -0.2) is 9.37 Å². The Morgan fingerprint density at radius 3 is 2.65 bits per heavy atom. The van der Waals surface area contributed by atoms with Gasteiger partial charge in [0.15, 0.2) is 5.78 Å². The number of aryl methyl sites for hydroxylation is 1. The number of thiazole rings is 1. The molecule has 1 heterocycles. The highest BCUT2D eigenvalue weighted by Crippen LogP contribution is 2.30. The first-order valence-corrected chi connectivity index (χ1v) is 5.77. The molecular formula is C12H10FNO2S. The maximum Gasteiger partial charge on any atom is 0.171 e. The van der Waals surface area contributed by atoms with E-state index in [0.29, 0.717) is 21.1 Å². The molecule has 2 aromatic rings. The number of phenols is 1. The zero-order valence-corrected chi connectivity index (χ0v) is 10.1. The van der Waals surface area contributed by atoms with Crippen LogP contribution in [0, 0.1) is 12.7 Å². The first kappa shape index (κ1) is 11.7. The molecule has 1 N–H and O–H groups in total. The molecule has 1 aromatic carbocycles. The number of halogens is 1. The van der Waals surface area contributed by atoms with E-state index in [4.69, 9.17) is 0 Å². The summed E-state index contributed by atoms with van der Waals surface area (Å²) < 4.78 is 13.1. The molecule has 0 aliphatic rings. The van der Waals surface area contributed by atoms with Gasteiger partial charge in [0.2, 0.25) is 0 Å². The molecule has 0 fully saturated rings. The van der Waals surface area contributed by atoms with Crippen molar-refractivity contribution in [2.24, 2.45) is 0 Å². The van der Waals surface area contributed by atoms with Gasteiger partial charge in [-0.1, -0.05) is 0 Å². The SMILES string of the molecule is CC(=O)c1sc(-c2cc(O)cc(F)c2)nc1C. The van der Waals surface area contributed by atoms with E-state index in [0.717, 1.165) is 6.07 Å². The largest absolute Gasteiger partial charge is 0.508 e. The fourth-order valence-corrected chi connectivity index (χ4v) is 2.49. The van der Waals surface area contributed by atoms with E-state index in [1.54, 1.807) is 6.92 Å². The molecule has 3 nitrogen and oxygen atoms in total. The van der Waals surface area contributed by atoms with E-state index in [9.17, 15) is 14.3 Å². The molecule has 0 aliphatic carbocycles. The fourth-order valence-electron chi connectivity index (χ4n) is 1.54. The van der Waals surface area contributed by atoms with Crippen molar-refractivity contribution in [1.29, 1.82) is 0 Å². The first-order chi connectivity index (χ1) is 7.97. The standard InChI is InChI=1S/C12H10FNO2S/c1-6-11(7(2)15)17-12(14-6)8-3-9(13)5-10(16)4-8/h3-5,16H,1-2H3. The number of phenolic OH excluding ortho intramolecular Hbond substituents is 1. The molecule has 0 saturated carbocycles. The minimum atomic E-state index is -0.530. The maximum absolute atomic E-state index is 13.1. The lowest BCUT2D eigenvalue weighted by Gasteiger charge is -1.98. The first-order valence-electron chi connectivity index (χ1n) is 4.95. The number of nitrogens with zero attached hydrogens (tertiary/aromatic N) is 1. The molecule has 0 atom stereocenters. The van der Waals surface area contributed by atoms with Crippen molar-refractivity contribution in [3.05, 3.63) is 34.6 Å². The number of aromatic nitrogens is 1. The second-order valence-corrected chi connectivity index (χ2v) is 4.69. The summed E-state index contributed by atoms with van der Waals surface area (Å²) in [5.41, 5.74) is 1.10. The van der Waals surface area contributed by atoms with Crippen LogP contribution < -0.4 is 0 Å². The normalized spacial score (nSPS) is 10.5. The number of aromatic hydroxyl groups is 1. The molecule has 0 unspecified atom stereocenters. The highest BCUT2D eigenvalue weighted by atomic mass is 32.1. The molecule has 2 rings (SSSR count). The molecular weight excluding hydrogens is 241 g/mol. The van der Waals surface area contributed by atoms with Crippen molar-refractivity contribution in [1.82, 2.24) is 4.98 Å². The van der Waals surface area contributed by atoms with Gasteiger partial charge in [-0.2, -0.15) is 0 Å². The van der Waals surface area contributed by atoms with Crippen LogP contribution in [-0.4, -0.2) is 15.9 Å². The third-order valence-corrected chi connectivity index (χ3v) is 3.55. The number of Topliss-reactive ketones (excluding diaryl/α,β-unsaturated/α-hetero) is 1. The lowest BCUT2D eigenvalue weighted by atomic mass is 10.2. The fraction of sp³-hybridized carbons (Fsp3) is 0.167. The minimum Gasteiger partial charge on any atom is -0.508 e. The van der Waals surface area contributed by atoms with Crippen LogP contribution in [0.15, 0.2) is 18.2 Å². The Kier molecular flexibility index (Phi) is 2.93. The molecule has 0 spiro atoms. The Hall–Kier alpha value is -1.75. The van der Waals surface area contributed by atoms with Crippen LogP contribution in [0.25, 0.3) is 10.6 Å². The van der Waals surface area contributed by atoms with Crippen LogP contribution in [0.5, 0.6) is 5.75 Å². The van der Waals surface area contributed by atoms with Crippen LogP contribution in [0.2, 0.25) is 0 Å². The molecule has 0 radical (unpaired) electrons. The van der Waals surface area contributed by atoms with Crippen molar-refractivity contribution in [3.63, 3.8) is 0 Å². The third-order valence-electron chi connectivity index (χ3n) is 2.25. The quantitative estimate of drug-likeness (QED) is 0.834. The van der Waals surface area contributed by atoms with Crippen molar-refractivity contribution in [2.75, 3.05) is 0 Å². The Morgan fingerprint density at radius 1 is 1.41 bits per heavy atom. The van der Waals surface area contributed by atoms with Crippen LogP contribution >= 0.6 is 11.3 Å². The van der Waals surface area contributed by atoms with E-state index in [2.05, 4.69) is 4.98 Å². The lowest BCUT2D eigenvalue weighted by Crippen LogP contribution is -1.89. The zero-order valence-electron chi connectivity index (χ0n) is 9.32. The predicted octanol–water partition coefficient (Wildman–Crippen LogP) is 3.17. The Bertz CT molecular complexity index is 572. The third kappa shape index (κ3) is 2.34. The Balaban J connectivity index is 2.53. The number of ketones is 1. The second-order valence-electron chi connectivity index (χ2n) is 3.69. The smallest absolute Gasteiger partial charge is 0.171 e. The van der Waals surface area contributed by atoms with Crippen LogP contribution in [0.1, 0.15) is 22.3 Å². The van der Waals surface area contributed by atoms with Gasteiger partial charge >= 0.3 is 0 Å². The number of hydrogen-bond donors (Lipinski definition) is 1. The van der Waals surface area contributed by atoms with Gasteiger partial charge in [0.1, 0.15) is 16.6 Å². The predicted molar refractivity (Wildman–Crippen MR) is 63.9 cm³/mol. The number of hydrogen-bond acceptors (Lipinski definition) is 4. The van der Waals surface area contributed by atoms with E-state index in [-0.39, 0.29) is 11.5 Å². The number of carbonyl (C=O) groups is 1. The van der Waals surface area contributed by atoms with E-state index in [1.165, 1.54) is 30.4 Å². The van der Waals surface area contributed by atoms with Crippen molar-refractivity contribution >= 4 is 17.1 Å². The summed E-state index contributed by atoms with van der Waals surface area (Å²) in [6.07, 6.45) is 0. The average molecular weight is 251 g/mol. The molecule has 0 bridgehead atoms. The summed E-state index contributed by atoms with van der Waals surface area (Å²) in [6, 6.07) is 3.73. The maximum atomic E-state index is 13.1. The van der Waals surface area contributed by atoms with Crippen LogP contribution in [0.3, 0.4) is 0 Å². The van der Waals surface area contributed by atoms with E-state index >= 15 is 0 Å². The van der Waals surface area contributed by atoms with Crippen LogP contribution in [-0.2, 0) is 0 Å². The van der Waals surface area contributed by atoms with E-state index in [1.807, 2.05) is 0 Å². The van der Waals surface area contributed by atoms with Gasteiger partial charge in [-0.15, -0.1) is 11.3 Å². The summed E-state index contributed by atoms with van der Waals surface area (Å²) in [7, 11) is 0. The number of carbonyl (C=O) groups excluding carboxylic acids is 1. The Morgan fingerprint density at radius 2 is 2.12 bits per heavy atom. The summed E-state index contributed by atoms with van der Waals surface area (Å²) in [5, 5.41) is 9.84. The topological polar surface area (TPSA) is 50.2 Å². The number of rotatable bonds is 2. The highest BCUT2D eigenvalue weighted by Gasteiger charge is 2.13. The van der Waals surface area contributed by atoms with Gasteiger partial charge in [0, 0.05) is 18.6 Å². The molecule has 17 heavy (non-hydrogen) atoms. The lowest BCUT2D eigenvalue weighted by molar-refractivity contribution is 0.102. The van der Waals surface area contributed by atoms with E-state index < -0.39 is 5.82 Å². The molecule has 0 saturated heterocycles. The number of benzene rings is 1. The van der Waals surface area contributed by atoms with Crippen LogP contribution in [0.4, 0.5) is 4.39 Å². The van der Waals surface area contributed by atoms with Crippen molar-refractivity contribution < 1.29 is 14.3 Å². The monoisotopic (exact) mass is 251 g/mol. The van der Waals surface area contributed by atoms with Gasteiger partial charge in [0.05, 0.1) is 10.6 Å². The zero-order chi connectivity index (χ0) is 12.6. The highest BCUT2D eigenvalue weighted by molar-refractivity contribution is 7.17. The summed E-state index contributed by atoms with van der Waals surface area (Å²) in [4.78, 5) is 16.1. The van der Waals surface area contributed by atoms with Gasteiger partial charge in [-0.3, -0.25) is 4.79 Å². The van der Waals surface area contributed by atoms with Crippen molar-refractivity contribution in [3.8, 4) is 16.3 Å². The minimum absolute atomic E-state index is 0.0631. The average Bonchev–Trinajstić information content (AvgIpc) is 2.59. The summed E-state index contributed by atoms with van der Waals surface area (Å²) >= 11 is 1.20. The molecule has 88 valence electrons. The Labute approximate surface area is 102 Å². The molecule has 0 amide bonds. The van der Waals surface area contributed by atoms with Crippen molar-refractivity contribution in [2.45, 2.75) is 13.8 Å². The molecule has 0 aliphatic heterocycles. The molecule has 1 aromatic heterocycles. The van der Waals surface area contributed by atoms with Gasteiger partial charge in [0.25, 0.3) is 0 Å². The summed E-state index contributed by atoms with van der Waals surface area (Å²) in [5.74, 6) is -0.749. The van der Waals surface area contributed by atoms with Gasteiger partial charge < -0.3 is 5.11 Å². The van der Waals surface area contributed by atoms with Gasteiger partial charge in [-0.05, 0) is 19.1 Å². The summed E-state index contributed by atoms with van der Waals surface area (Å²) in [6.45, 7) is 3.20. The second kappa shape index (κ2) is 4.25. The molecule has 5 heteroatoms.